The summed E-state index contributed by atoms with van der Waals surface area (Å²) < 4.78 is 74.0. The first kappa shape index (κ1) is 13.5. The summed E-state index contributed by atoms with van der Waals surface area (Å²) in [6.45, 7) is 0. The molecule has 0 aliphatic carbocycles. The fraction of sp³-hybridized carbons (Fsp3) is 0.222. The molecule has 0 radical (unpaired) electrons. The molecule has 0 fully saturated rings. The van der Waals surface area contributed by atoms with Crippen molar-refractivity contribution in [1.82, 2.24) is 0 Å². The van der Waals surface area contributed by atoms with Crippen molar-refractivity contribution >= 4 is 18.9 Å². The molecule has 1 aromatic carbocycles. The van der Waals surface area contributed by atoms with Crippen molar-refractivity contribution in [3.8, 4) is 0 Å². The molecule has 0 unspecified atom stereocenters. The molecule has 1 nitrogen and oxygen atoms in total. The van der Waals surface area contributed by atoms with Gasteiger partial charge in [-0.2, -0.15) is 0 Å². The van der Waals surface area contributed by atoms with Gasteiger partial charge >= 0.3 is 91.9 Å². The molecule has 8 heteroatoms. The normalized spacial score (nSPS) is 12.1. The summed E-state index contributed by atoms with van der Waals surface area (Å²) in [4.78, 5) is 3.19. The van der Waals surface area contributed by atoms with E-state index in [4.69, 9.17) is 0 Å². The van der Waals surface area contributed by atoms with Gasteiger partial charge in [-0.05, 0) is 0 Å². The van der Waals surface area contributed by atoms with Crippen LogP contribution in [-0.4, -0.2) is 13.2 Å². The second kappa shape index (κ2) is 4.37. The Hall–Kier alpha value is -1.56. The van der Waals surface area contributed by atoms with Crippen LogP contribution in [0.3, 0.4) is 0 Å². The van der Waals surface area contributed by atoms with Crippen LogP contribution < -0.4 is 0 Å². The van der Waals surface area contributed by atoms with E-state index in [9.17, 15) is 26.3 Å². The number of hydrogen-bond acceptors (Lipinski definition) is 1. The van der Waals surface area contributed by atoms with Gasteiger partial charge in [0.25, 0.3) is 0 Å². The molecule has 1 aromatic rings. The first-order chi connectivity index (χ1) is 7.64. The number of aliphatic imine (C=N–C) groups is 1. The molecule has 0 saturated heterocycles. The Bertz CT molecular complexity index is 437. The average molecular weight is 251 g/mol. The van der Waals surface area contributed by atoms with E-state index >= 15 is 0 Å². The van der Waals surface area contributed by atoms with Gasteiger partial charge in [0.2, 0.25) is 0 Å². The molecule has 17 heavy (non-hydrogen) atoms. The van der Waals surface area contributed by atoms with Crippen LogP contribution in [0.4, 0.5) is 32.0 Å². The zero-order valence-electron chi connectivity index (χ0n) is 8.15. The van der Waals surface area contributed by atoms with E-state index in [1.165, 1.54) is 0 Å². The second-order valence-electron chi connectivity index (χ2n) is 3.03. The molecule has 1 rings (SSSR count). The number of nitrogens with zero attached hydrogens (tertiary/aromatic N) is 1. The maximum absolute atomic E-state index is 12.3. The third-order valence-corrected chi connectivity index (χ3v) is 1.78. The van der Waals surface area contributed by atoms with Gasteiger partial charge < -0.3 is 0 Å². The molecule has 0 spiro atoms. The van der Waals surface area contributed by atoms with Crippen molar-refractivity contribution < 1.29 is 26.3 Å². The van der Waals surface area contributed by atoms with Crippen LogP contribution in [0.25, 0.3) is 0 Å². The van der Waals surface area contributed by atoms with E-state index in [2.05, 4.69) is 12.5 Å². The molecule has 0 amide bonds. The predicted octanol–water partition coefficient (Wildman–Crippen LogP) is 3.16. The molecule has 0 N–H and O–H groups in total. The molecule has 0 bridgehead atoms. The van der Waals surface area contributed by atoms with Gasteiger partial charge in [-0.15, -0.1) is 0 Å². The fourth-order valence-electron chi connectivity index (χ4n) is 1.09. The fourth-order valence-corrected chi connectivity index (χ4v) is 1.09. The average Bonchev–Trinajstić information content (AvgIpc) is 2.15. The van der Waals surface area contributed by atoms with Crippen molar-refractivity contribution in [2.75, 3.05) is 0 Å². The van der Waals surface area contributed by atoms with Crippen LogP contribution in [0.5, 0.6) is 0 Å². The van der Waals surface area contributed by atoms with Gasteiger partial charge in [-0.25, -0.2) is 0 Å². The molecule has 0 atom stereocenters. The Kier molecular flexibility index (Phi) is 3.47. The summed E-state index contributed by atoms with van der Waals surface area (Å²) >= 11 is 0. The standard InChI is InChI=1S/C9H4BF6N/c10-4-17-7-2-5(8(11,12)13)1-6(3-7)9(14,15)16/h1-3,10H. The Balaban J connectivity index is 3.44. The SMILES string of the molecule is B=C=Nc1cc(C(F)(F)F)cc(C(F)(F)F)c1. The van der Waals surface area contributed by atoms with Gasteiger partial charge in [0.05, 0.1) is 0 Å². The van der Waals surface area contributed by atoms with Crippen LogP contribution in [0.1, 0.15) is 11.1 Å². The quantitative estimate of drug-likeness (QED) is 0.413. The summed E-state index contributed by atoms with van der Waals surface area (Å²) in [6, 6.07) is 1.02. The number of alkyl halides is 6. The third-order valence-electron chi connectivity index (χ3n) is 1.78. The minimum atomic E-state index is -4.87. The molecule has 0 aromatic heterocycles. The van der Waals surface area contributed by atoms with Gasteiger partial charge in [0.1, 0.15) is 0 Å². The number of hydrogen-bond donors (Lipinski definition) is 0. The van der Waals surface area contributed by atoms with Gasteiger partial charge in [-0.3, -0.25) is 0 Å². The maximum atomic E-state index is 12.3. The third kappa shape index (κ3) is 3.46. The van der Waals surface area contributed by atoms with Gasteiger partial charge in [0, 0.05) is 0 Å². The van der Waals surface area contributed by atoms with Crippen LogP contribution in [-0.2, 0) is 12.4 Å². The van der Waals surface area contributed by atoms with E-state index in [0.29, 0.717) is 12.1 Å². The number of rotatable bonds is 1. The van der Waals surface area contributed by atoms with Crippen molar-refractivity contribution in [2.45, 2.75) is 12.4 Å². The van der Waals surface area contributed by atoms with Gasteiger partial charge in [-0.1, -0.05) is 0 Å². The molecule has 0 heterocycles. The summed E-state index contributed by atoms with van der Waals surface area (Å²) in [5.74, 6) is 1.88. The summed E-state index contributed by atoms with van der Waals surface area (Å²) in [6.07, 6.45) is -9.74. The molecular weight excluding hydrogens is 247 g/mol. The predicted molar refractivity (Wildman–Crippen MR) is 50.7 cm³/mol. The van der Waals surface area contributed by atoms with E-state index < -0.39 is 29.2 Å². The summed E-state index contributed by atoms with van der Waals surface area (Å²) in [5.41, 5.74) is -3.33. The Labute approximate surface area is 92.9 Å². The van der Waals surface area contributed by atoms with Crippen molar-refractivity contribution in [2.24, 2.45) is 4.99 Å². The topological polar surface area (TPSA) is 12.4 Å². The molecule has 0 saturated carbocycles. The van der Waals surface area contributed by atoms with Crippen molar-refractivity contribution in [1.29, 1.82) is 0 Å². The van der Waals surface area contributed by atoms with Crippen molar-refractivity contribution in [3.05, 3.63) is 29.3 Å². The zero-order valence-corrected chi connectivity index (χ0v) is 8.15. The molecular formula is C9H4BF6N. The Morgan fingerprint density at radius 2 is 1.29 bits per heavy atom. The van der Waals surface area contributed by atoms with Crippen molar-refractivity contribution in [3.63, 3.8) is 0 Å². The number of halogens is 6. The summed E-state index contributed by atoms with van der Waals surface area (Å²) in [7, 11) is 2.99. The van der Waals surface area contributed by atoms with E-state index in [0.717, 1.165) is 0 Å². The Morgan fingerprint density at radius 3 is 1.59 bits per heavy atom. The molecule has 0 aliphatic heterocycles. The molecule has 90 valence electrons. The first-order valence-corrected chi connectivity index (χ1v) is 4.17. The van der Waals surface area contributed by atoms with Crippen LogP contribution >= 0.6 is 0 Å². The zero-order chi connectivity index (χ0) is 13.3. The van der Waals surface area contributed by atoms with E-state index in [1.807, 2.05) is 5.76 Å². The Morgan fingerprint density at radius 1 is 0.882 bits per heavy atom. The van der Waals surface area contributed by atoms with Crippen LogP contribution in [0.2, 0.25) is 0 Å². The van der Waals surface area contributed by atoms with E-state index in [1.54, 1.807) is 0 Å². The monoisotopic (exact) mass is 251 g/mol. The van der Waals surface area contributed by atoms with Crippen LogP contribution in [0.15, 0.2) is 23.2 Å². The van der Waals surface area contributed by atoms with Gasteiger partial charge in [0.15, 0.2) is 0 Å². The van der Waals surface area contributed by atoms with E-state index in [-0.39, 0.29) is 6.07 Å². The number of benzene rings is 1. The first-order valence-electron chi connectivity index (χ1n) is 4.17. The molecule has 0 aliphatic rings. The summed E-state index contributed by atoms with van der Waals surface area (Å²) in [5, 5.41) is 0. The minimum absolute atomic E-state index is 0.0299. The van der Waals surface area contributed by atoms with Crippen LogP contribution in [0, 0.1) is 0 Å². The second-order valence-corrected chi connectivity index (χ2v) is 3.03.